The summed E-state index contributed by atoms with van der Waals surface area (Å²) in [7, 11) is -5.51. The van der Waals surface area contributed by atoms with E-state index in [0.717, 1.165) is 21.3 Å². The van der Waals surface area contributed by atoms with Gasteiger partial charge in [0.05, 0.1) is 13.2 Å². The summed E-state index contributed by atoms with van der Waals surface area (Å²) < 4.78 is 27.3. The van der Waals surface area contributed by atoms with Crippen molar-refractivity contribution in [3.63, 3.8) is 0 Å². The molecule has 16 nitrogen and oxygen atoms in total. The molecule has 0 bridgehead atoms. The number of aliphatic hydroxyl groups is 4. The Hall–Kier alpha value is -3.41. The molecular weight excluding hydrogens is 713 g/mol. The molecule has 0 saturated carbocycles. The average Bonchev–Trinajstić information content (AvgIpc) is 3.43. The van der Waals surface area contributed by atoms with Crippen molar-refractivity contribution >= 4 is 16.6 Å². The molecule has 2 aliphatic heterocycles. The van der Waals surface area contributed by atoms with Crippen LogP contribution >= 0.6 is 0 Å². The Morgan fingerprint density at radius 2 is 1.04 bits per heavy atom. The second kappa shape index (κ2) is 14.4. The molecule has 2 saturated heterocycles. The van der Waals surface area contributed by atoms with Gasteiger partial charge < -0.3 is 38.8 Å². The second-order valence-corrected chi connectivity index (χ2v) is 25.7. The van der Waals surface area contributed by atoms with E-state index in [1.165, 1.54) is 12.4 Å². The molecule has 4 rings (SSSR count). The van der Waals surface area contributed by atoms with Crippen molar-refractivity contribution in [1.82, 2.24) is 19.1 Å². The van der Waals surface area contributed by atoms with Gasteiger partial charge in [0.2, 0.25) is 0 Å². The van der Waals surface area contributed by atoms with Gasteiger partial charge in [0.25, 0.3) is 11.1 Å². The predicted molar refractivity (Wildman–Crippen MR) is 194 cm³/mol. The molecule has 52 heavy (non-hydrogen) atoms. The number of nitrogens with one attached hydrogen (secondary N) is 2. The minimum absolute atomic E-state index is 0.382. The number of aliphatic hydroxyl groups excluding tert-OH is 2. The molecule has 4 heterocycles. The predicted octanol–water partition coefficient (Wildman–Crippen LogP) is 0.116. The van der Waals surface area contributed by atoms with Gasteiger partial charge in [-0.1, -0.05) is 41.5 Å². The summed E-state index contributed by atoms with van der Waals surface area (Å²) >= 11 is 0. The summed E-state index contributed by atoms with van der Waals surface area (Å²) in [5.74, 6) is 10.4. The molecule has 286 valence electrons. The minimum atomic E-state index is -2.75. The molecule has 0 aromatic carbocycles. The molecule has 0 aliphatic carbocycles. The van der Waals surface area contributed by atoms with Crippen LogP contribution in [0.2, 0.25) is 36.3 Å². The van der Waals surface area contributed by atoms with Gasteiger partial charge in [-0.15, -0.1) is 0 Å². The van der Waals surface area contributed by atoms with E-state index < -0.39 is 100 Å². The fourth-order valence-corrected chi connectivity index (χ4v) is 7.95. The summed E-state index contributed by atoms with van der Waals surface area (Å²) in [5.41, 5.74) is -7.51. The van der Waals surface area contributed by atoms with Crippen molar-refractivity contribution in [1.29, 1.82) is 0 Å². The first-order valence-electron chi connectivity index (χ1n) is 16.8. The first-order valence-corrected chi connectivity index (χ1v) is 22.6. The molecule has 2 aromatic heterocycles. The van der Waals surface area contributed by atoms with Crippen molar-refractivity contribution < 1.29 is 38.8 Å². The number of ether oxygens (including phenoxy) is 2. The fraction of sp³-hybridized carbons (Fsp3) is 0.647. The zero-order chi connectivity index (χ0) is 39.2. The second-order valence-electron chi connectivity index (χ2n) is 16.2. The van der Waals surface area contributed by atoms with Crippen LogP contribution in [0.4, 0.5) is 0 Å². The van der Waals surface area contributed by atoms with Crippen molar-refractivity contribution in [2.24, 2.45) is 0 Å². The van der Waals surface area contributed by atoms with Gasteiger partial charge in [-0.05, 0) is 59.9 Å². The molecule has 0 spiro atoms. The highest BCUT2D eigenvalue weighted by molar-refractivity contribution is 6.74. The SMILES string of the molecule is CC(C)(C)[Si](C)(C)O[C@H]1[C@H](n2ccc(=O)[nH]c2=O)O[C@H](CO)[C@]1(O)C#CC#C[C@@]1(O)[C@@H](CO)O[C@@H](n2ccc(=O)[nH]c2=O)[C@@H]1O[Si](C)(C)C(C)(C)C. The van der Waals surface area contributed by atoms with Gasteiger partial charge >= 0.3 is 11.4 Å². The van der Waals surface area contributed by atoms with Crippen LogP contribution < -0.4 is 22.5 Å². The third-order valence-corrected chi connectivity index (χ3v) is 19.5. The third kappa shape index (κ3) is 7.78. The van der Waals surface area contributed by atoms with Crippen LogP contribution in [0.15, 0.2) is 43.7 Å². The van der Waals surface area contributed by atoms with Crippen LogP contribution in [0.1, 0.15) is 54.0 Å². The highest BCUT2D eigenvalue weighted by Crippen LogP contribution is 2.46. The Morgan fingerprint density at radius 3 is 1.31 bits per heavy atom. The van der Waals surface area contributed by atoms with Crippen molar-refractivity contribution in [3.05, 3.63) is 66.2 Å². The highest BCUT2D eigenvalue weighted by atomic mass is 28.4. The van der Waals surface area contributed by atoms with E-state index in [2.05, 4.69) is 33.6 Å². The van der Waals surface area contributed by atoms with Gasteiger partial charge in [0, 0.05) is 24.5 Å². The maximum Gasteiger partial charge on any atom is 0.330 e. The maximum absolute atomic E-state index is 12.9. The third-order valence-electron chi connectivity index (χ3n) is 10.6. The molecule has 0 radical (unpaired) electrons. The monoisotopic (exact) mass is 762 g/mol. The molecular formula is C34H50N4O12Si2. The van der Waals surface area contributed by atoms with Crippen LogP contribution in [-0.2, 0) is 18.3 Å². The maximum atomic E-state index is 12.9. The molecule has 8 atom stereocenters. The lowest BCUT2D eigenvalue weighted by Gasteiger charge is -2.42. The average molecular weight is 763 g/mol. The molecule has 0 unspecified atom stereocenters. The number of nitrogens with zero attached hydrogens (tertiary/aromatic N) is 2. The Kier molecular flexibility index (Phi) is 11.5. The van der Waals surface area contributed by atoms with Crippen molar-refractivity contribution in [2.75, 3.05) is 13.2 Å². The lowest BCUT2D eigenvalue weighted by atomic mass is 9.92. The number of aromatic nitrogens is 4. The van der Waals surface area contributed by atoms with Crippen LogP contribution in [0.25, 0.3) is 0 Å². The van der Waals surface area contributed by atoms with E-state index in [4.69, 9.17) is 18.3 Å². The quantitative estimate of drug-likeness (QED) is 0.156. The molecule has 18 heteroatoms. The van der Waals surface area contributed by atoms with Gasteiger partial charge in [-0.2, -0.15) is 0 Å². The van der Waals surface area contributed by atoms with E-state index in [-0.39, 0.29) is 10.1 Å². The number of aromatic amines is 2. The highest BCUT2D eigenvalue weighted by Gasteiger charge is 2.61. The number of hydrogen-bond acceptors (Lipinski definition) is 12. The lowest BCUT2D eigenvalue weighted by Crippen LogP contribution is -2.55. The van der Waals surface area contributed by atoms with E-state index >= 15 is 0 Å². The van der Waals surface area contributed by atoms with E-state index in [9.17, 15) is 39.6 Å². The van der Waals surface area contributed by atoms with Crippen LogP contribution in [0, 0.1) is 23.7 Å². The molecule has 2 fully saturated rings. The lowest BCUT2D eigenvalue weighted by molar-refractivity contribution is -0.0626. The number of rotatable bonds is 8. The summed E-state index contributed by atoms with van der Waals surface area (Å²) in [6.07, 6.45) is -5.81. The zero-order valence-corrected chi connectivity index (χ0v) is 33.1. The Labute approximate surface area is 303 Å². The largest absolute Gasteiger partial charge is 0.405 e. The Balaban J connectivity index is 1.85. The normalized spacial score (nSPS) is 29.7. The van der Waals surface area contributed by atoms with Gasteiger partial charge in [0.15, 0.2) is 40.3 Å². The van der Waals surface area contributed by atoms with Crippen molar-refractivity contribution in [2.45, 2.75) is 126 Å². The van der Waals surface area contributed by atoms with Crippen LogP contribution in [0.5, 0.6) is 0 Å². The smallest absolute Gasteiger partial charge is 0.330 e. The zero-order valence-electron chi connectivity index (χ0n) is 31.1. The Bertz CT molecular complexity index is 1860. The fourth-order valence-electron chi connectivity index (χ4n) is 5.38. The van der Waals surface area contributed by atoms with Crippen molar-refractivity contribution in [3.8, 4) is 23.7 Å². The summed E-state index contributed by atoms with van der Waals surface area (Å²) in [6, 6.07) is 2.21. The molecule has 2 aromatic rings. The first kappa shape index (κ1) is 41.4. The molecule has 2 aliphatic rings. The molecule has 6 N–H and O–H groups in total. The van der Waals surface area contributed by atoms with Gasteiger partial charge in [-0.3, -0.25) is 28.7 Å². The Morgan fingerprint density at radius 1 is 0.712 bits per heavy atom. The topological polar surface area (TPSA) is 228 Å². The van der Waals surface area contributed by atoms with Gasteiger partial charge in [0.1, 0.15) is 24.4 Å². The van der Waals surface area contributed by atoms with E-state index in [0.29, 0.717) is 0 Å². The summed E-state index contributed by atoms with van der Waals surface area (Å²) in [4.78, 5) is 53.7. The summed E-state index contributed by atoms with van der Waals surface area (Å²) in [5, 5.41) is 44.3. The summed E-state index contributed by atoms with van der Waals surface area (Å²) in [6.45, 7) is 18.0. The van der Waals surface area contributed by atoms with Crippen LogP contribution in [-0.4, -0.2) is 105 Å². The van der Waals surface area contributed by atoms with Gasteiger partial charge in [-0.25, -0.2) is 9.59 Å². The molecule has 0 amide bonds. The first-order chi connectivity index (χ1) is 23.8. The standard InChI is InChI=1S/C34H50N4O12Si2/c1-31(2,3)51(7,8)49-25-27(37-17-13-23(41)35-29(37)43)47-21(19-39)33(25,45)15-11-12-16-34(46)22(20-40)48-28(38-18-14-24(42)36-30(38)44)26(34)50-52(9,10)32(4,5)6/h13-14,17-18,21-22,25-28,39-40,45-46H,19-20H2,1-10H3,(H,35,41,43)(H,36,42,44)/t21-,22-,25+,26+,27-,28-,33-,34-/m1/s1. The number of hydrogen-bond donors (Lipinski definition) is 6. The van der Waals surface area contributed by atoms with E-state index in [1.54, 1.807) is 0 Å². The minimum Gasteiger partial charge on any atom is -0.405 e. The van der Waals surface area contributed by atoms with Crippen LogP contribution in [0.3, 0.4) is 0 Å². The van der Waals surface area contributed by atoms with E-state index in [1.807, 2.05) is 67.7 Å². The number of H-pyrrole nitrogens is 2.